The number of rotatable bonds is 2. The Balaban J connectivity index is 1.73. The van der Waals surface area contributed by atoms with Crippen molar-refractivity contribution in [3.63, 3.8) is 0 Å². The Morgan fingerprint density at radius 3 is 2.87 bits per heavy atom. The van der Waals surface area contributed by atoms with Crippen LogP contribution in [0, 0.1) is 0 Å². The molecule has 3 rings (SSSR count). The third-order valence-electron chi connectivity index (χ3n) is 3.61. The first kappa shape index (κ1) is 9.37. The van der Waals surface area contributed by atoms with Crippen LogP contribution < -0.4 is 5.32 Å². The maximum Gasteiger partial charge on any atom is 0.0455 e. The topological polar surface area (TPSA) is 15.3 Å². The minimum atomic E-state index is 0.569. The number of nitrogens with zero attached hydrogens (tertiary/aromatic N) is 1. The van der Waals surface area contributed by atoms with Gasteiger partial charge in [0.2, 0.25) is 0 Å². The molecule has 1 saturated heterocycles. The average molecular weight is 202 g/mol. The van der Waals surface area contributed by atoms with Gasteiger partial charge in [-0.15, -0.1) is 0 Å². The number of nitrogens with one attached hydrogen (secondary N) is 1. The van der Waals surface area contributed by atoms with E-state index in [2.05, 4.69) is 34.5 Å². The van der Waals surface area contributed by atoms with Crippen LogP contribution in [-0.2, 0) is 6.54 Å². The standard InChI is InChI=1S/C13H18N2/c1-2-6-12-11(5-1)9-14-13(12)10-15-7-3-4-8-15/h1-2,5-6,13-14H,3-4,7-10H2. The molecule has 2 aliphatic rings. The molecule has 0 spiro atoms. The average Bonchev–Trinajstić information content (AvgIpc) is 2.89. The van der Waals surface area contributed by atoms with E-state index in [1.165, 1.54) is 43.6 Å². The molecule has 1 unspecified atom stereocenters. The Kier molecular flexibility index (Phi) is 2.47. The van der Waals surface area contributed by atoms with E-state index in [0.717, 1.165) is 6.54 Å². The van der Waals surface area contributed by atoms with Gasteiger partial charge >= 0.3 is 0 Å². The summed E-state index contributed by atoms with van der Waals surface area (Å²) in [6.45, 7) is 4.83. The molecule has 0 aliphatic carbocycles. The molecule has 2 nitrogen and oxygen atoms in total. The molecule has 2 aliphatic heterocycles. The zero-order valence-corrected chi connectivity index (χ0v) is 9.08. The van der Waals surface area contributed by atoms with E-state index in [1.54, 1.807) is 0 Å². The van der Waals surface area contributed by atoms with Crippen molar-refractivity contribution in [1.82, 2.24) is 10.2 Å². The van der Waals surface area contributed by atoms with Crippen molar-refractivity contribution in [1.29, 1.82) is 0 Å². The van der Waals surface area contributed by atoms with Crippen molar-refractivity contribution in [3.05, 3.63) is 35.4 Å². The van der Waals surface area contributed by atoms with Gasteiger partial charge in [-0.2, -0.15) is 0 Å². The molecular weight excluding hydrogens is 184 g/mol. The lowest BCUT2D eigenvalue weighted by molar-refractivity contribution is 0.300. The minimum absolute atomic E-state index is 0.569. The molecule has 1 aromatic rings. The van der Waals surface area contributed by atoms with Gasteiger partial charge in [-0.1, -0.05) is 24.3 Å². The molecule has 2 heterocycles. The molecule has 1 aromatic carbocycles. The molecule has 0 saturated carbocycles. The van der Waals surface area contributed by atoms with Gasteiger partial charge in [0.05, 0.1) is 0 Å². The molecule has 0 radical (unpaired) electrons. The van der Waals surface area contributed by atoms with Crippen molar-refractivity contribution >= 4 is 0 Å². The number of hydrogen-bond donors (Lipinski definition) is 1. The summed E-state index contributed by atoms with van der Waals surface area (Å²) >= 11 is 0. The Bertz CT molecular complexity index is 342. The molecule has 1 atom stereocenters. The van der Waals surface area contributed by atoms with E-state index in [9.17, 15) is 0 Å². The van der Waals surface area contributed by atoms with Crippen molar-refractivity contribution in [2.75, 3.05) is 19.6 Å². The zero-order valence-electron chi connectivity index (χ0n) is 9.08. The molecule has 0 bridgehead atoms. The quantitative estimate of drug-likeness (QED) is 0.788. The fourth-order valence-corrected chi connectivity index (χ4v) is 2.76. The Labute approximate surface area is 91.3 Å². The summed E-state index contributed by atoms with van der Waals surface area (Å²) in [5.41, 5.74) is 3.01. The first-order chi connectivity index (χ1) is 7.43. The third kappa shape index (κ3) is 1.80. The van der Waals surface area contributed by atoms with E-state index >= 15 is 0 Å². The van der Waals surface area contributed by atoms with E-state index < -0.39 is 0 Å². The van der Waals surface area contributed by atoms with Crippen LogP contribution in [0.1, 0.15) is 30.0 Å². The zero-order chi connectivity index (χ0) is 10.1. The van der Waals surface area contributed by atoms with Crippen molar-refractivity contribution in [2.45, 2.75) is 25.4 Å². The molecule has 0 aromatic heterocycles. The largest absolute Gasteiger partial charge is 0.305 e. The Morgan fingerprint density at radius 2 is 2.00 bits per heavy atom. The second kappa shape index (κ2) is 3.95. The van der Waals surface area contributed by atoms with Crippen LogP contribution in [0.4, 0.5) is 0 Å². The van der Waals surface area contributed by atoms with Crippen LogP contribution in [0.5, 0.6) is 0 Å². The lowest BCUT2D eigenvalue weighted by atomic mass is 10.1. The maximum atomic E-state index is 3.61. The van der Waals surface area contributed by atoms with Crippen LogP contribution in [0.15, 0.2) is 24.3 Å². The van der Waals surface area contributed by atoms with E-state index in [-0.39, 0.29) is 0 Å². The maximum absolute atomic E-state index is 3.61. The van der Waals surface area contributed by atoms with E-state index in [1.807, 2.05) is 0 Å². The fourth-order valence-electron chi connectivity index (χ4n) is 2.76. The van der Waals surface area contributed by atoms with Crippen LogP contribution >= 0.6 is 0 Å². The highest BCUT2D eigenvalue weighted by molar-refractivity contribution is 5.33. The van der Waals surface area contributed by atoms with Gasteiger partial charge in [-0.05, 0) is 37.1 Å². The predicted molar refractivity (Wildman–Crippen MR) is 61.7 cm³/mol. The highest BCUT2D eigenvalue weighted by Gasteiger charge is 2.24. The number of fused-ring (bicyclic) bond motifs is 1. The monoisotopic (exact) mass is 202 g/mol. The Morgan fingerprint density at radius 1 is 1.20 bits per heavy atom. The SMILES string of the molecule is c1ccc2c(c1)CNC2CN1CCCC1. The first-order valence-corrected chi connectivity index (χ1v) is 5.97. The second-order valence-corrected chi connectivity index (χ2v) is 4.64. The summed E-state index contributed by atoms with van der Waals surface area (Å²) in [6, 6.07) is 9.38. The Hall–Kier alpha value is -0.860. The van der Waals surface area contributed by atoms with Crippen molar-refractivity contribution in [3.8, 4) is 0 Å². The molecule has 2 heteroatoms. The highest BCUT2D eigenvalue weighted by Crippen LogP contribution is 2.26. The highest BCUT2D eigenvalue weighted by atomic mass is 15.2. The summed E-state index contributed by atoms with van der Waals surface area (Å²) in [7, 11) is 0. The molecule has 1 fully saturated rings. The van der Waals surface area contributed by atoms with Crippen LogP contribution in [-0.4, -0.2) is 24.5 Å². The van der Waals surface area contributed by atoms with Gasteiger partial charge in [-0.25, -0.2) is 0 Å². The minimum Gasteiger partial charge on any atom is -0.305 e. The van der Waals surface area contributed by atoms with Crippen molar-refractivity contribution < 1.29 is 0 Å². The fraction of sp³-hybridized carbons (Fsp3) is 0.538. The third-order valence-corrected chi connectivity index (χ3v) is 3.61. The van der Waals surface area contributed by atoms with Crippen LogP contribution in [0.2, 0.25) is 0 Å². The van der Waals surface area contributed by atoms with E-state index in [4.69, 9.17) is 0 Å². The molecule has 15 heavy (non-hydrogen) atoms. The van der Waals surface area contributed by atoms with Crippen molar-refractivity contribution in [2.24, 2.45) is 0 Å². The molecule has 80 valence electrons. The van der Waals surface area contributed by atoms with Gasteiger partial charge < -0.3 is 10.2 Å². The molecule has 0 amide bonds. The summed E-state index contributed by atoms with van der Waals surface area (Å²) in [4.78, 5) is 2.58. The number of likely N-dealkylation sites (tertiary alicyclic amines) is 1. The smallest absolute Gasteiger partial charge is 0.0455 e. The first-order valence-electron chi connectivity index (χ1n) is 5.97. The lowest BCUT2D eigenvalue weighted by Gasteiger charge is -2.20. The summed E-state index contributed by atoms with van der Waals surface area (Å²) in [5, 5.41) is 3.61. The van der Waals surface area contributed by atoms with Crippen LogP contribution in [0.3, 0.4) is 0 Å². The number of hydrogen-bond acceptors (Lipinski definition) is 2. The summed E-state index contributed by atoms with van der Waals surface area (Å²) < 4.78 is 0. The number of benzene rings is 1. The summed E-state index contributed by atoms with van der Waals surface area (Å²) in [5.74, 6) is 0. The van der Waals surface area contributed by atoms with Gasteiger partial charge in [0.15, 0.2) is 0 Å². The lowest BCUT2D eigenvalue weighted by Crippen LogP contribution is -2.29. The molecule has 1 N–H and O–H groups in total. The van der Waals surface area contributed by atoms with Gasteiger partial charge in [0.25, 0.3) is 0 Å². The summed E-state index contributed by atoms with van der Waals surface area (Å²) in [6.07, 6.45) is 2.77. The predicted octanol–water partition coefficient (Wildman–Crippen LogP) is 1.93. The van der Waals surface area contributed by atoms with Gasteiger partial charge in [0, 0.05) is 19.1 Å². The van der Waals surface area contributed by atoms with Gasteiger partial charge in [-0.3, -0.25) is 0 Å². The second-order valence-electron chi connectivity index (χ2n) is 4.64. The van der Waals surface area contributed by atoms with Gasteiger partial charge in [0.1, 0.15) is 0 Å². The normalized spacial score (nSPS) is 25.7. The van der Waals surface area contributed by atoms with E-state index in [0.29, 0.717) is 6.04 Å². The van der Waals surface area contributed by atoms with Crippen LogP contribution in [0.25, 0.3) is 0 Å². The molecular formula is C13H18N2.